The van der Waals surface area contributed by atoms with E-state index in [9.17, 15) is 4.79 Å². The number of fused-ring (bicyclic) bond motifs is 1. The Kier molecular flexibility index (Phi) is 5.33. The lowest BCUT2D eigenvalue weighted by molar-refractivity contribution is -0.380. The molecule has 5 heteroatoms. The number of ether oxygens (including phenoxy) is 3. The smallest absolute Gasteiger partial charge is 0.416 e. The van der Waals surface area contributed by atoms with Gasteiger partial charge in [0.05, 0.1) is 18.4 Å². The van der Waals surface area contributed by atoms with Crippen molar-refractivity contribution in [1.82, 2.24) is 4.90 Å². The Bertz CT molecular complexity index is 927. The summed E-state index contributed by atoms with van der Waals surface area (Å²) >= 11 is 0. The molecule has 2 aliphatic rings. The maximum Gasteiger partial charge on any atom is 0.416 e. The van der Waals surface area contributed by atoms with Crippen LogP contribution in [0.25, 0.3) is 0 Å². The van der Waals surface area contributed by atoms with Gasteiger partial charge in [-0.3, -0.25) is 4.90 Å². The first-order valence-corrected chi connectivity index (χ1v) is 10.5. The van der Waals surface area contributed by atoms with Crippen LogP contribution in [0.3, 0.4) is 0 Å². The van der Waals surface area contributed by atoms with Gasteiger partial charge in [0, 0.05) is 12.3 Å². The minimum Gasteiger partial charge on any atom is -0.433 e. The molecule has 158 valence electrons. The molecule has 1 saturated heterocycles. The third kappa shape index (κ3) is 3.27. The van der Waals surface area contributed by atoms with Crippen molar-refractivity contribution in [3.8, 4) is 0 Å². The van der Waals surface area contributed by atoms with Gasteiger partial charge in [-0.1, -0.05) is 67.6 Å². The lowest BCUT2D eigenvalue weighted by Gasteiger charge is -2.50. The molecule has 0 bridgehead atoms. The Morgan fingerprint density at radius 2 is 1.63 bits per heavy atom. The van der Waals surface area contributed by atoms with E-state index in [1.54, 1.807) is 4.90 Å². The van der Waals surface area contributed by atoms with Crippen LogP contribution in [0.5, 0.6) is 0 Å². The fourth-order valence-electron chi connectivity index (χ4n) is 4.61. The third-order valence-corrected chi connectivity index (χ3v) is 6.04. The van der Waals surface area contributed by atoms with Crippen molar-refractivity contribution in [2.45, 2.75) is 64.2 Å². The van der Waals surface area contributed by atoms with Crippen LogP contribution in [0.1, 0.15) is 51.2 Å². The van der Waals surface area contributed by atoms with E-state index in [0.717, 1.165) is 11.1 Å². The fraction of sp³-hybridized carbons (Fsp3) is 0.400. The highest BCUT2D eigenvalue weighted by molar-refractivity contribution is 5.73. The lowest BCUT2D eigenvalue weighted by atomic mass is 9.73. The van der Waals surface area contributed by atoms with E-state index >= 15 is 0 Å². The number of carbonyl (C=O) groups is 1. The summed E-state index contributed by atoms with van der Waals surface area (Å²) in [7, 11) is 0. The highest BCUT2D eigenvalue weighted by Crippen LogP contribution is 2.55. The molecule has 0 radical (unpaired) electrons. The normalized spacial score (nSPS) is 26.6. The van der Waals surface area contributed by atoms with Crippen LogP contribution in [0, 0.1) is 0 Å². The van der Waals surface area contributed by atoms with Gasteiger partial charge in [-0.2, -0.15) is 0 Å². The number of carbonyl (C=O) groups excluding carboxylic acids is 1. The predicted octanol–water partition coefficient (Wildman–Crippen LogP) is 5.58. The zero-order valence-corrected chi connectivity index (χ0v) is 18.0. The maximum absolute atomic E-state index is 13.3. The van der Waals surface area contributed by atoms with Crippen LogP contribution in [-0.4, -0.2) is 28.6 Å². The summed E-state index contributed by atoms with van der Waals surface area (Å²) in [6.45, 7) is 8.26. The Morgan fingerprint density at radius 3 is 2.27 bits per heavy atom. The molecule has 1 fully saturated rings. The average molecular weight is 408 g/mol. The van der Waals surface area contributed by atoms with Gasteiger partial charge in [-0.25, -0.2) is 4.79 Å². The van der Waals surface area contributed by atoms with Crippen LogP contribution < -0.4 is 0 Å². The molecule has 0 spiro atoms. The van der Waals surface area contributed by atoms with Crippen molar-refractivity contribution in [3.05, 3.63) is 83.6 Å². The molecule has 30 heavy (non-hydrogen) atoms. The van der Waals surface area contributed by atoms with Crippen LogP contribution in [0.2, 0.25) is 0 Å². The molecule has 0 N–H and O–H groups in total. The van der Waals surface area contributed by atoms with Gasteiger partial charge < -0.3 is 14.2 Å². The summed E-state index contributed by atoms with van der Waals surface area (Å²) in [5, 5.41) is 0. The van der Waals surface area contributed by atoms with Gasteiger partial charge in [0.2, 0.25) is 0 Å². The molecule has 2 aromatic carbocycles. The van der Waals surface area contributed by atoms with Crippen molar-refractivity contribution >= 4 is 6.09 Å². The van der Waals surface area contributed by atoms with E-state index in [0.29, 0.717) is 18.7 Å². The van der Waals surface area contributed by atoms with Gasteiger partial charge in [0.25, 0.3) is 0 Å². The Balaban J connectivity index is 1.88. The summed E-state index contributed by atoms with van der Waals surface area (Å²) in [6, 6.07) is 20.1. The second kappa shape index (κ2) is 7.80. The highest BCUT2D eigenvalue weighted by atomic mass is 16.9. The average Bonchev–Trinajstić information content (AvgIpc) is 2.96. The van der Waals surface area contributed by atoms with E-state index in [4.69, 9.17) is 14.2 Å². The molecule has 3 unspecified atom stereocenters. The number of hydrogen-bond acceptors (Lipinski definition) is 4. The molecule has 0 aromatic heterocycles. The molecule has 2 aromatic rings. The Morgan fingerprint density at radius 1 is 1.00 bits per heavy atom. The minimum absolute atomic E-state index is 0.100. The van der Waals surface area contributed by atoms with Gasteiger partial charge >= 0.3 is 12.1 Å². The standard InChI is InChI=1S/C25H29NO4/c1-18(2)28-25-24(16-15-19(3)29-25,20(4)22-13-9-6-10-14-22)26(23(27)30-25)17-21-11-7-5-8-12-21/h5-15,18,20H,16-17H2,1-4H3. The third-order valence-electron chi connectivity index (χ3n) is 6.04. The van der Waals surface area contributed by atoms with E-state index in [2.05, 4.69) is 19.1 Å². The summed E-state index contributed by atoms with van der Waals surface area (Å²) in [4.78, 5) is 15.1. The second-order valence-corrected chi connectivity index (χ2v) is 8.34. The summed E-state index contributed by atoms with van der Waals surface area (Å²) in [5.74, 6) is -0.918. The van der Waals surface area contributed by atoms with Crippen LogP contribution in [0.15, 0.2) is 72.5 Å². The van der Waals surface area contributed by atoms with Crippen molar-refractivity contribution in [2.75, 3.05) is 0 Å². The van der Waals surface area contributed by atoms with Crippen LogP contribution in [-0.2, 0) is 20.8 Å². The Hall–Kier alpha value is -2.79. The zero-order valence-electron chi connectivity index (χ0n) is 18.0. The van der Waals surface area contributed by atoms with E-state index in [1.807, 2.05) is 75.4 Å². The molecule has 5 nitrogen and oxygen atoms in total. The number of amides is 1. The van der Waals surface area contributed by atoms with Crippen LogP contribution >= 0.6 is 0 Å². The molecular formula is C25H29NO4. The number of nitrogens with zero attached hydrogens (tertiary/aromatic N) is 1. The quantitative estimate of drug-likeness (QED) is 0.627. The van der Waals surface area contributed by atoms with Crippen molar-refractivity contribution in [1.29, 1.82) is 0 Å². The molecule has 0 aliphatic carbocycles. The van der Waals surface area contributed by atoms with Crippen LogP contribution in [0.4, 0.5) is 4.79 Å². The van der Waals surface area contributed by atoms with Crippen molar-refractivity contribution in [2.24, 2.45) is 0 Å². The van der Waals surface area contributed by atoms with Gasteiger partial charge in [0.15, 0.2) is 5.54 Å². The van der Waals surface area contributed by atoms with Gasteiger partial charge in [-0.15, -0.1) is 0 Å². The first-order chi connectivity index (χ1) is 14.4. The maximum atomic E-state index is 13.3. The largest absolute Gasteiger partial charge is 0.433 e. The minimum atomic E-state index is -1.51. The molecule has 0 saturated carbocycles. The molecule has 2 aliphatic heterocycles. The first kappa shape index (κ1) is 20.5. The molecule has 2 heterocycles. The molecule has 1 amide bonds. The molecular weight excluding hydrogens is 378 g/mol. The van der Waals surface area contributed by atoms with Crippen molar-refractivity contribution in [3.63, 3.8) is 0 Å². The highest BCUT2D eigenvalue weighted by Gasteiger charge is 2.72. The SMILES string of the molecule is CC1=CCC2(C(C)c3ccccc3)N(Cc3ccccc3)C(=O)OC2(OC(C)C)O1. The topological polar surface area (TPSA) is 48.0 Å². The number of benzene rings is 2. The van der Waals surface area contributed by atoms with Gasteiger partial charge in [0.1, 0.15) is 0 Å². The van der Waals surface area contributed by atoms with Gasteiger partial charge in [-0.05, 0) is 38.0 Å². The van der Waals surface area contributed by atoms with E-state index in [-0.39, 0.29) is 12.0 Å². The fourth-order valence-corrected chi connectivity index (χ4v) is 4.61. The summed E-state index contributed by atoms with van der Waals surface area (Å²) in [6.07, 6.45) is 1.98. The predicted molar refractivity (Wildman–Crippen MR) is 114 cm³/mol. The van der Waals surface area contributed by atoms with E-state index in [1.165, 1.54) is 0 Å². The zero-order chi connectivity index (χ0) is 21.4. The number of allylic oxidation sites excluding steroid dienone is 1. The number of rotatable bonds is 6. The monoisotopic (exact) mass is 407 g/mol. The lowest BCUT2D eigenvalue weighted by Crippen LogP contribution is -2.65. The summed E-state index contributed by atoms with van der Waals surface area (Å²) < 4.78 is 18.5. The second-order valence-electron chi connectivity index (χ2n) is 8.34. The van der Waals surface area contributed by atoms with E-state index < -0.39 is 17.6 Å². The molecule has 4 rings (SSSR count). The molecule has 3 atom stereocenters. The number of hydrogen-bond donors (Lipinski definition) is 0. The Labute approximate surface area is 178 Å². The summed E-state index contributed by atoms with van der Waals surface area (Å²) in [5.41, 5.74) is 1.27. The van der Waals surface area contributed by atoms with Crippen molar-refractivity contribution < 1.29 is 19.0 Å². The first-order valence-electron chi connectivity index (χ1n) is 10.5.